The van der Waals surface area contributed by atoms with E-state index in [9.17, 15) is 9.59 Å². The Morgan fingerprint density at radius 3 is 2.36 bits per heavy atom. The van der Waals surface area contributed by atoms with Gasteiger partial charge < -0.3 is 19.5 Å². The molecule has 0 saturated heterocycles. The molecule has 1 atom stereocenters. The number of rotatable bonds is 7. The monoisotopic (exact) mass is 344 g/mol. The van der Waals surface area contributed by atoms with Gasteiger partial charge in [0.1, 0.15) is 11.5 Å². The quantitative estimate of drug-likeness (QED) is 0.777. The smallest absolute Gasteiger partial charge is 0.340 e. The molecule has 1 N–H and O–H groups in total. The van der Waals surface area contributed by atoms with Crippen molar-refractivity contribution in [3.05, 3.63) is 48.3 Å². The first-order valence-corrected chi connectivity index (χ1v) is 7.72. The van der Waals surface area contributed by atoms with Crippen molar-refractivity contribution in [1.82, 2.24) is 4.98 Å². The van der Waals surface area contributed by atoms with Crippen LogP contribution < -0.4 is 14.8 Å². The Morgan fingerprint density at radius 2 is 1.84 bits per heavy atom. The number of hydrogen-bond acceptors (Lipinski definition) is 6. The highest BCUT2D eigenvalue weighted by molar-refractivity contribution is 5.97. The Bertz CT molecular complexity index is 711. The molecule has 2 rings (SSSR count). The van der Waals surface area contributed by atoms with E-state index in [1.807, 2.05) is 0 Å². The Labute approximate surface area is 145 Å². The molecule has 2 aromatic rings. The van der Waals surface area contributed by atoms with Crippen LogP contribution in [-0.4, -0.2) is 37.2 Å². The van der Waals surface area contributed by atoms with Gasteiger partial charge in [-0.2, -0.15) is 0 Å². The number of pyridine rings is 1. The lowest BCUT2D eigenvalue weighted by atomic mass is 10.2. The molecule has 7 nitrogen and oxygen atoms in total. The third-order valence-corrected chi connectivity index (χ3v) is 3.43. The van der Waals surface area contributed by atoms with Crippen LogP contribution in [0.2, 0.25) is 0 Å². The number of aromatic nitrogens is 1. The van der Waals surface area contributed by atoms with Crippen LogP contribution in [0.25, 0.3) is 0 Å². The fourth-order valence-electron chi connectivity index (χ4n) is 2.11. The summed E-state index contributed by atoms with van der Waals surface area (Å²) in [6.45, 7) is 1.76. The molecule has 0 bridgehead atoms. The van der Waals surface area contributed by atoms with Crippen molar-refractivity contribution >= 4 is 17.6 Å². The predicted molar refractivity (Wildman–Crippen MR) is 91.9 cm³/mol. The number of esters is 1. The summed E-state index contributed by atoms with van der Waals surface area (Å²) in [4.78, 5) is 28.4. The van der Waals surface area contributed by atoms with Crippen LogP contribution in [0.3, 0.4) is 0 Å². The molecule has 132 valence electrons. The fraction of sp³-hybridized carbons (Fsp3) is 0.278. The van der Waals surface area contributed by atoms with E-state index in [0.29, 0.717) is 23.6 Å². The number of carbonyl (C=O) groups excluding carboxylic acids is 2. The van der Waals surface area contributed by atoms with Crippen LogP contribution in [0.4, 0.5) is 5.69 Å². The minimum atomic E-state index is -0.926. The summed E-state index contributed by atoms with van der Waals surface area (Å²) in [5, 5.41) is 2.71. The van der Waals surface area contributed by atoms with Crippen LogP contribution in [0.5, 0.6) is 11.5 Å². The predicted octanol–water partition coefficient (Wildman–Crippen LogP) is 2.67. The van der Waals surface area contributed by atoms with E-state index in [1.165, 1.54) is 20.4 Å². The molecule has 0 saturated carbocycles. The zero-order chi connectivity index (χ0) is 18.2. The Morgan fingerprint density at radius 1 is 1.16 bits per heavy atom. The second-order valence-electron chi connectivity index (χ2n) is 5.13. The van der Waals surface area contributed by atoms with Crippen LogP contribution >= 0.6 is 0 Å². The van der Waals surface area contributed by atoms with Crippen molar-refractivity contribution in [3.8, 4) is 11.5 Å². The molecule has 1 heterocycles. The third kappa shape index (κ3) is 4.94. The lowest BCUT2D eigenvalue weighted by Gasteiger charge is -2.17. The summed E-state index contributed by atoms with van der Waals surface area (Å²) < 4.78 is 15.6. The van der Waals surface area contributed by atoms with Gasteiger partial charge in [0.25, 0.3) is 5.91 Å². The maximum absolute atomic E-state index is 12.4. The summed E-state index contributed by atoms with van der Waals surface area (Å²) in [5.41, 5.74) is 0.772. The third-order valence-electron chi connectivity index (χ3n) is 3.43. The molecule has 0 aliphatic heterocycles. The van der Waals surface area contributed by atoms with Gasteiger partial charge in [-0.05, 0) is 18.6 Å². The number of nitrogens with zero attached hydrogens (tertiary/aromatic N) is 1. The second-order valence-corrected chi connectivity index (χ2v) is 5.13. The largest absolute Gasteiger partial charge is 0.497 e. The van der Waals surface area contributed by atoms with Gasteiger partial charge in [-0.1, -0.05) is 6.92 Å². The minimum Gasteiger partial charge on any atom is -0.497 e. The molecule has 0 spiro atoms. The van der Waals surface area contributed by atoms with E-state index in [0.717, 1.165) is 0 Å². The molecule has 1 aromatic heterocycles. The van der Waals surface area contributed by atoms with Crippen molar-refractivity contribution in [2.24, 2.45) is 0 Å². The zero-order valence-corrected chi connectivity index (χ0v) is 14.3. The van der Waals surface area contributed by atoms with Gasteiger partial charge in [0.15, 0.2) is 6.10 Å². The SMILES string of the molecule is CCC(OC(=O)c1cccnc1)C(=O)Nc1cc(OC)cc(OC)c1. The Balaban J connectivity index is 2.08. The molecule has 1 amide bonds. The van der Waals surface area contributed by atoms with Crippen molar-refractivity contribution < 1.29 is 23.8 Å². The summed E-state index contributed by atoms with van der Waals surface area (Å²) in [7, 11) is 3.04. The first-order valence-electron chi connectivity index (χ1n) is 7.72. The molecular formula is C18H20N2O5. The second kappa shape index (κ2) is 8.68. The Kier molecular flexibility index (Phi) is 6.33. The van der Waals surface area contributed by atoms with E-state index in [4.69, 9.17) is 14.2 Å². The van der Waals surface area contributed by atoms with Gasteiger partial charge in [-0.3, -0.25) is 9.78 Å². The molecule has 0 aliphatic rings. The molecule has 0 aliphatic carbocycles. The van der Waals surface area contributed by atoms with Gasteiger partial charge >= 0.3 is 5.97 Å². The van der Waals surface area contributed by atoms with E-state index in [2.05, 4.69) is 10.3 Å². The highest BCUT2D eigenvalue weighted by atomic mass is 16.5. The molecular weight excluding hydrogens is 324 g/mol. The summed E-state index contributed by atoms with van der Waals surface area (Å²) in [6, 6.07) is 8.19. The van der Waals surface area contributed by atoms with Crippen LogP contribution in [-0.2, 0) is 9.53 Å². The molecule has 0 fully saturated rings. The van der Waals surface area contributed by atoms with Crippen molar-refractivity contribution in [2.75, 3.05) is 19.5 Å². The van der Waals surface area contributed by atoms with Crippen molar-refractivity contribution in [2.45, 2.75) is 19.4 Å². The molecule has 7 heteroatoms. The standard InChI is InChI=1S/C18H20N2O5/c1-4-16(25-18(22)12-6-5-7-19-11-12)17(21)20-13-8-14(23-2)10-15(9-13)24-3/h5-11,16H,4H2,1-3H3,(H,20,21). The van der Waals surface area contributed by atoms with Gasteiger partial charge in [0.2, 0.25) is 0 Å². The van der Waals surface area contributed by atoms with Gasteiger partial charge in [-0.25, -0.2) is 4.79 Å². The maximum atomic E-state index is 12.4. The lowest BCUT2D eigenvalue weighted by molar-refractivity contribution is -0.124. The lowest BCUT2D eigenvalue weighted by Crippen LogP contribution is -2.32. The summed E-state index contributed by atoms with van der Waals surface area (Å²) in [6.07, 6.45) is 2.35. The molecule has 0 radical (unpaired) electrons. The molecule has 1 unspecified atom stereocenters. The fourth-order valence-corrected chi connectivity index (χ4v) is 2.11. The molecule has 25 heavy (non-hydrogen) atoms. The Hall–Kier alpha value is -3.09. The highest BCUT2D eigenvalue weighted by Crippen LogP contribution is 2.26. The van der Waals surface area contributed by atoms with Gasteiger partial charge in [-0.15, -0.1) is 0 Å². The zero-order valence-electron chi connectivity index (χ0n) is 14.3. The van der Waals surface area contributed by atoms with E-state index < -0.39 is 18.0 Å². The topological polar surface area (TPSA) is 86.8 Å². The van der Waals surface area contributed by atoms with Crippen LogP contribution in [0.15, 0.2) is 42.7 Å². The normalized spacial score (nSPS) is 11.3. The van der Waals surface area contributed by atoms with Crippen LogP contribution in [0.1, 0.15) is 23.7 Å². The number of anilines is 1. The first-order chi connectivity index (χ1) is 12.1. The van der Waals surface area contributed by atoms with Gasteiger partial charge in [0, 0.05) is 36.3 Å². The number of benzene rings is 1. The number of hydrogen-bond donors (Lipinski definition) is 1. The van der Waals surface area contributed by atoms with E-state index in [-0.39, 0.29) is 5.56 Å². The van der Waals surface area contributed by atoms with Gasteiger partial charge in [0.05, 0.1) is 19.8 Å². The average Bonchev–Trinajstić information content (AvgIpc) is 2.65. The number of carbonyl (C=O) groups is 2. The average molecular weight is 344 g/mol. The van der Waals surface area contributed by atoms with E-state index >= 15 is 0 Å². The number of methoxy groups -OCH3 is 2. The highest BCUT2D eigenvalue weighted by Gasteiger charge is 2.22. The van der Waals surface area contributed by atoms with Crippen molar-refractivity contribution in [1.29, 1.82) is 0 Å². The number of ether oxygens (including phenoxy) is 3. The van der Waals surface area contributed by atoms with E-state index in [1.54, 1.807) is 43.5 Å². The maximum Gasteiger partial charge on any atom is 0.340 e. The first kappa shape index (κ1) is 18.3. The number of nitrogens with one attached hydrogen (secondary N) is 1. The number of amides is 1. The minimum absolute atomic E-state index is 0.289. The summed E-state index contributed by atoms with van der Waals surface area (Å²) in [5.74, 6) is 0.0403. The van der Waals surface area contributed by atoms with Crippen LogP contribution in [0, 0.1) is 0 Å². The molecule has 1 aromatic carbocycles. The summed E-state index contributed by atoms with van der Waals surface area (Å²) >= 11 is 0. The van der Waals surface area contributed by atoms with Crippen molar-refractivity contribution in [3.63, 3.8) is 0 Å².